The van der Waals surface area contributed by atoms with Gasteiger partial charge in [0.25, 0.3) is 10.0 Å². The second-order valence-corrected chi connectivity index (χ2v) is 9.04. The van der Waals surface area contributed by atoms with Gasteiger partial charge >= 0.3 is 0 Å². The quantitative estimate of drug-likeness (QED) is 0.362. The molecule has 176 valence electrons. The minimum absolute atomic E-state index is 0.0470. The molecule has 9 nitrogen and oxygen atoms in total. The number of benzene rings is 2. The summed E-state index contributed by atoms with van der Waals surface area (Å²) in [6.07, 6.45) is 2.22. The Balaban J connectivity index is 1.53. The molecule has 0 aliphatic carbocycles. The summed E-state index contributed by atoms with van der Waals surface area (Å²) in [6, 6.07) is 16.9. The molecule has 0 aliphatic rings. The maximum absolute atomic E-state index is 14.4. The molecule has 0 bridgehead atoms. The van der Waals surface area contributed by atoms with Crippen LogP contribution in [0.4, 0.5) is 14.6 Å². The standard InChI is InChI=1S/C23H16F2N6O3S/c24-17-9-5-4-6-15(17)14-31-21(19-10-11-34-29-19)12-20(28-31)23-26-13-18(25)22(27-23)30-35(32,33)16-7-2-1-3-8-16/h1-13H,14H2,(H,26,27,30). The third-order valence-corrected chi connectivity index (χ3v) is 6.37. The van der Waals surface area contributed by atoms with Crippen molar-refractivity contribution < 1.29 is 21.7 Å². The Morgan fingerprint density at radius 3 is 2.46 bits per heavy atom. The highest BCUT2D eigenvalue weighted by atomic mass is 32.2. The van der Waals surface area contributed by atoms with Crippen molar-refractivity contribution in [3.63, 3.8) is 0 Å². The van der Waals surface area contributed by atoms with Gasteiger partial charge in [-0.2, -0.15) is 5.10 Å². The van der Waals surface area contributed by atoms with Crippen LogP contribution in [0.1, 0.15) is 5.56 Å². The Bertz CT molecular complexity index is 1590. The number of halogens is 2. The lowest BCUT2D eigenvalue weighted by Crippen LogP contribution is -2.15. The van der Waals surface area contributed by atoms with E-state index in [0.717, 1.165) is 6.20 Å². The van der Waals surface area contributed by atoms with Crippen LogP contribution < -0.4 is 4.72 Å². The van der Waals surface area contributed by atoms with Gasteiger partial charge in [-0.15, -0.1) is 0 Å². The smallest absolute Gasteiger partial charge is 0.263 e. The maximum Gasteiger partial charge on any atom is 0.263 e. The highest BCUT2D eigenvalue weighted by Gasteiger charge is 2.21. The van der Waals surface area contributed by atoms with Crippen molar-refractivity contribution in [3.05, 3.63) is 96.4 Å². The SMILES string of the molecule is O=S(=O)(Nc1nc(-c2cc(-c3ccon3)n(Cc3ccccc3F)n2)ncc1F)c1ccccc1. The molecule has 35 heavy (non-hydrogen) atoms. The van der Waals surface area contributed by atoms with Gasteiger partial charge in [-0.3, -0.25) is 9.40 Å². The van der Waals surface area contributed by atoms with Crippen molar-refractivity contribution >= 4 is 15.8 Å². The van der Waals surface area contributed by atoms with Gasteiger partial charge in [0, 0.05) is 11.6 Å². The van der Waals surface area contributed by atoms with Crippen LogP contribution in [0.25, 0.3) is 22.9 Å². The largest absolute Gasteiger partial charge is 0.364 e. The first kappa shape index (κ1) is 22.3. The molecule has 0 spiro atoms. The first-order valence-electron chi connectivity index (χ1n) is 10.2. The molecule has 1 N–H and O–H groups in total. The van der Waals surface area contributed by atoms with Crippen molar-refractivity contribution in [2.45, 2.75) is 11.4 Å². The minimum Gasteiger partial charge on any atom is -0.364 e. The molecule has 0 aliphatic heterocycles. The highest BCUT2D eigenvalue weighted by molar-refractivity contribution is 7.92. The van der Waals surface area contributed by atoms with Gasteiger partial charge < -0.3 is 4.52 Å². The third-order valence-electron chi connectivity index (χ3n) is 5.02. The monoisotopic (exact) mass is 494 g/mol. The van der Waals surface area contributed by atoms with Crippen LogP contribution in [0.15, 0.2) is 88.6 Å². The summed E-state index contributed by atoms with van der Waals surface area (Å²) in [5, 5.41) is 8.35. The molecule has 12 heteroatoms. The van der Waals surface area contributed by atoms with E-state index in [0.29, 0.717) is 17.0 Å². The summed E-state index contributed by atoms with van der Waals surface area (Å²) < 4.78 is 62.5. The molecule has 0 amide bonds. The van der Waals surface area contributed by atoms with Gasteiger partial charge in [-0.05, 0) is 24.3 Å². The number of sulfonamides is 1. The summed E-state index contributed by atoms with van der Waals surface area (Å²) in [5.41, 5.74) is 1.46. The molecule has 0 unspecified atom stereocenters. The fourth-order valence-electron chi connectivity index (χ4n) is 3.33. The molecule has 5 rings (SSSR count). The maximum atomic E-state index is 14.4. The predicted molar refractivity (Wildman–Crippen MR) is 121 cm³/mol. The van der Waals surface area contributed by atoms with Crippen molar-refractivity contribution in [2.24, 2.45) is 0 Å². The van der Waals surface area contributed by atoms with Crippen LogP contribution in [0, 0.1) is 11.6 Å². The zero-order valence-electron chi connectivity index (χ0n) is 17.8. The van der Waals surface area contributed by atoms with E-state index in [1.54, 1.807) is 48.5 Å². The fourth-order valence-corrected chi connectivity index (χ4v) is 4.36. The van der Waals surface area contributed by atoms with Crippen LogP contribution >= 0.6 is 0 Å². The average molecular weight is 494 g/mol. The second kappa shape index (κ2) is 9.06. The molecule has 0 saturated carbocycles. The number of anilines is 1. The van der Waals surface area contributed by atoms with E-state index in [9.17, 15) is 17.2 Å². The van der Waals surface area contributed by atoms with Gasteiger partial charge in [0.2, 0.25) is 0 Å². The second-order valence-electron chi connectivity index (χ2n) is 7.36. The van der Waals surface area contributed by atoms with E-state index in [-0.39, 0.29) is 23.0 Å². The van der Waals surface area contributed by atoms with Crippen LogP contribution in [0.3, 0.4) is 0 Å². The number of rotatable bonds is 7. The van der Waals surface area contributed by atoms with Crippen molar-refractivity contribution in [1.29, 1.82) is 0 Å². The van der Waals surface area contributed by atoms with Gasteiger partial charge in [0.15, 0.2) is 17.5 Å². The molecule has 0 atom stereocenters. The van der Waals surface area contributed by atoms with Crippen molar-refractivity contribution in [1.82, 2.24) is 24.9 Å². The van der Waals surface area contributed by atoms with Gasteiger partial charge in [0.1, 0.15) is 23.5 Å². The van der Waals surface area contributed by atoms with Gasteiger partial charge in [0.05, 0.1) is 23.3 Å². The zero-order valence-corrected chi connectivity index (χ0v) is 18.7. The Labute approximate surface area is 198 Å². The molecule has 2 aromatic carbocycles. The number of nitrogens with zero attached hydrogens (tertiary/aromatic N) is 5. The Kier molecular flexibility index (Phi) is 5.79. The van der Waals surface area contributed by atoms with Crippen molar-refractivity contribution in [2.75, 3.05) is 4.72 Å². The lowest BCUT2D eigenvalue weighted by Gasteiger charge is -2.08. The van der Waals surface area contributed by atoms with Gasteiger partial charge in [-0.1, -0.05) is 41.6 Å². The molecule has 5 aromatic rings. The van der Waals surface area contributed by atoms with E-state index < -0.39 is 27.5 Å². The lowest BCUT2D eigenvalue weighted by molar-refractivity contribution is 0.421. The zero-order chi connectivity index (χ0) is 24.4. The van der Waals surface area contributed by atoms with E-state index in [4.69, 9.17) is 4.52 Å². The highest BCUT2D eigenvalue weighted by Crippen LogP contribution is 2.26. The minimum atomic E-state index is -4.09. The lowest BCUT2D eigenvalue weighted by atomic mass is 10.2. The average Bonchev–Trinajstić information content (AvgIpc) is 3.53. The van der Waals surface area contributed by atoms with Crippen molar-refractivity contribution in [3.8, 4) is 22.9 Å². The molecule has 3 aromatic heterocycles. The summed E-state index contributed by atoms with van der Waals surface area (Å²) in [4.78, 5) is 7.95. The summed E-state index contributed by atoms with van der Waals surface area (Å²) in [6.45, 7) is 0.0591. The molecular formula is C23H16F2N6O3S. The van der Waals surface area contributed by atoms with E-state index in [1.807, 2.05) is 0 Å². The van der Waals surface area contributed by atoms with Crippen LogP contribution in [0.5, 0.6) is 0 Å². The molecule has 0 saturated heterocycles. The fraction of sp³-hybridized carbons (Fsp3) is 0.0435. The first-order valence-corrected chi connectivity index (χ1v) is 11.7. The van der Waals surface area contributed by atoms with E-state index in [1.165, 1.54) is 29.1 Å². The van der Waals surface area contributed by atoms with E-state index in [2.05, 4.69) is 24.9 Å². The summed E-state index contributed by atoms with van der Waals surface area (Å²) >= 11 is 0. The molecule has 0 fully saturated rings. The molecule has 0 radical (unpaired) electrons. The van der Waals surface area contributed by atoms with Gasteiger partial charge in [-0.25, -0.2) is 27.2 Å². The number of hydrogen-bond acceptors (Lipinski definition) is 7. The molecular weight excluding hydrogens is 478 g/mol. The van der Waals surface area contributed by atoms with Crippen LogP contribution in [0.2, 0.25) is 0 Å². The molecule has 3 heterocycles. The van der Waals surface area contributed by atoms with Crippen LogP contribution in [-0.2, 0) is 16.6 Å². The summed E-state index contributed by atoms with van der Waals surface area (Å²) in [5.74, 6) is -1.96. The number of hydrogen-bond donors (Lipinski definition) is 1. The Morgan fingerprint density at radius 1 is 0.943 bits per heavy atom. The van der Waals surface area contributed by atoms with E-state index >= 15 is 0 Å². The summed E-state index contributed by atoms with van der Waals surface area (Å²) in [7, 11) is -4.09. The Hall–Kier alpha value is -4.45. The Morgan fingerprint density at radius 2 is 1.71 bits per heavy atom. The van der Waals surface area contributed by atoms with Crippen LogP contribution in [-0.4, -0.2) is 33.3 Å². The number of nitrogens with one attached hydrogen (secondary N) is 1. The normalized spacial score (nSPS) is 11.5. The first-order chi connectivity index (χ1) is 16.9. The predicted octanol–water partition coefficient (Wildman–Crippen LogP) is 4.12. The number of aromatic nitrogens is 5. The topological polar surface area (TPSA) is 116 Å². The third kappa shape index (κ3) is 4.64.